The van der Waals surface area contributed by atoms with Crippen molar-refractivity contribution in [2.75, 3.05) is 0 Å². The Labute approximate surface area is 163 Å². The number of hydrogen-bond acceptors (Lipinski definition) is 5. The molecule has 0 N–H and O–H groups in total. The number of aromatic nitrogens is 2. The van der Waals surface area contributed by atoms with Crippen LogP contribution in [0.1, 0.15) is 40.0 Å². The summed E-state index contributed by atoms with van der Waals surface area (Å²) in [5, 5.41) is 0. The number of para-hydroxylation sites is 2. The van der Waals surface area contributed by atoms with Crippen molar-refractivity contribution in [2.45, 2.75) is 26.1 Å². The maximum absolute atomic E-state index is 13.5. The first-order valence-corrected chi connectivity index (χ1v) is 8.77. The minimum Gasteiger partial charge on any atom is -0.456 e. The Morgan fingerprint density at radius 3 is 2.24 bits per heavy atom. The number of carbonyl (C=O) groups excluding carboxylic acids is 3. The topological polar surface area (TPSA) is 81.5 Å². The maximum atomic E-state index is 13.5. The summed E-state index contributed by atoms with van der Waals surface area (Å²) in [6.45, 7) is -2.05. The zero-order valence-corrected chi connectivity index (χ0v) is 15.2. The molecule has 0 saturated heterocycles. The predicted molar refractivity (Wildman–Crippen MR) is 97.2 cm³/mol. The van der Waals surface area contributed by atoms with Crippen molar-refractivity contribution >= 4 is 28.8 Å². The van der Waals surface area contributed by atoms with Gasteiger partial charge in [0.25, 0.3) is 11.8 Å². The summed E-state index contributed by atoms with van der Waals surface area (Å²) in [4.78, 5) is 42.3. The second-order valence-electron chi connectivity index (χ2n) is 6.47. The normalized spacial score (nSPS) is 14.6. The van der Waals surface area contributed by atoms with E-state index in [2.05, 4.69) is 4.98 Å². The molecule has 7 nitrogen and oxygen atoms in total. The fraction of sp³-hybridized carbons (Fsp3) is 0.200. The van der Waals surface area contributed by atoms with Crippen LogP contribution in [0.3, 0.4) is 0 Å². The van der Waals surface area contributed by atoms with Gasteiger partial charge in [0, 0.05) is 0 Å². The zero-order valence-electron chi connectivity index (χ0n) is 15.2. The standard InChI is InChI=1S/C20H15F2N3O4/c1-11(24-17(26)12-6-2-3-7-13(12)18(24)27)19(28)29-10-16-23-14-8-4-5-9-15(14)25(16)20(21)22/h2-9,11,20H,10H2,1H3. The van der Waals surface area contributed by atoms with Crippen LogP contribution in [-0.4, -0.2) is 38.3 Å². The number of alkyl halides is 2. The SMILES string of the molecule is CC(C(=O)OCc1nc2ccccc2n1C(F)F)N1C(=O)c2ccccc2C1=O. The molecule has 0 aliphatic carbocycles. The first-order valence-electron chi connectivity index (χ1n) is 8.77. The van der Waals surface area contributed by atoms with Gasteiger partial charge < -0.3 is 4.74 Å². The Bertz CT molecular complexity index is 1110. The second kappa shape index (κ2) is 7.08. The van der Waals surface area contributed by atoms with Crippen molar-refractivity contribution in [3.63, 3.8) is 0 Å². The van der Waals surface area contributed by atoms with E-state index in [0.717, 1.165) is 4.90 Å². The molecule has 148 valence electrons. The molecule has 1 aromatic heterocycles. The number of esters is 1. The van der Waals surface area contributed by atoms with Gasteiger partial charge in [-0.3, -0.25) is 19.1 Å². The van der Waals surface area contributed by atoms with Gasteiger partial charge in [-0.1, -0.05) is 24.3 Å². The van der Waals surface area contributed by atoms with E-state index < -0.39 is 37.0 Å². The largest absolute Gasteiger partial charge is 0.456 e. The molecule has 0 fully saturated rings. The summed E-state index contributed by atoms with van der Waals surface area (Å²) in [5.74, 6) is -2.23. The van der Waals surface area contributed by atoms with Gasteiger partial charge in [0.05, 0.1) is 22.2 Å². The molecule has 1 aliphatic heterocycles. The minimum absolute atomic E-state index is 0.135. The Hall–Kier alpha value is -3.62. The predicted octanol–water partition coefficient (Wildman–Crippen LogP) is 3.16. The van der Waals surface area contributed by atoms with Crippen molar-refractivity contribution in [2.24, 2.45) is 0 Å². The quantitative estimate of drug-likeness (QED) is 0.486. The van der Waals surface area contributed by atoms with Crippen molar-refractivity contribution in [1.82, 2.24) is 14.5 Å². The van der Waals surface area contributed by atoms with Crippen molar-refractivity contribution in [3.8, 4) is 0 Å². The molecule has 0 bridgehead atoms. The highest BCUT2D eigenvalue weighted by Crippen LogP contribution is 2.26. The van der Waals surface area contributed by atoms with Crippen LogP contribution in [0.15, 0.2) is 48.5 Å². The average Bonchev–Trinajstić information content (AvgIpc) is 3.21. The summed E-state index contributed by atoms with van der Waals surface area (Å²) in [7, 11) is 0. The first-order chi connectivity index (χ1) is 13.9. The Morgan fingerprint density at radius 1 is 1.03 bits per heavy atom. The Morgan fingerprint density at radius 2 is 1.62 bits per heavy atom. The van der Waals surface area contributed by atoms with E-state index in [9.17, 15) is 23.2 Å². The number of nitrogens with zero attached hydrogens (tertiary/aromatic N) is 3. The van der Waals surface area contributed by atoms with Crippen LogP contribution >= 0.6 is 0 Å². The number of carbonyl (C=O) groups is 3. The van der Waals surface area contributed by atoms with Gasteiger partial charge >= 0.3 is 12.5 Å². The third kappa shape index (κ3) is 3.04. The van der Waals surface area contributed by atoms with Gasteiger partial charge in [-0.05, 0) is 31.2 Å². The number of imidazole rings is 1. The molecule has 0 radical (unpaired) electrons. The molecular weight excluding hydrogens is 384 g/mol. The van der Waals surface area contributed by atoms with Crippen LogP contribution in [0.25, 0.3) is 11.0 Å². The molecule has 0 spiro atoms. The number of ether oxygens (including phenoxy) is 1. The number of amides is 2. The summed E-state index contributed by atoms with van der Waals surface area (Å²) >= 11 is 0. The third-order valence-electron chi connectivity index (χ3n) is 4.76. The number of hydrogen-bond donors (Lipinski definition) is 0. The Balaban J connectivity index is 1.53. The molecule has 2 aromatic carbocycles. The lowest BCUT2D eigenvalue weighted by Gasteiger charge is -2.20. The number of halogens is 2. The molecule has 9 heteroatoms. The van der Waals surface area contributed by atoms with E-state index in [1.807, 2.05) is 0 Å². The molecule has 1 atom stereocenters. The van der Waals surface area contributed by atoms with E-state index in [4.69, 9.17) is 4.74 Å². The molecule has 0 saturated carbocycles. The van der Waals surface area contributed by atoms with Gasteiger partial charge in [-0.2, -0.15) is 8.78 Å². The van der Waals surface area contributed by atoms with E-state index in [-0.39, 0.29) is 22.5 Å². The van der Waals surface area contributed by atoms with Crippen LogP contribution in [-0.2, 0) is 16.1 Å². The molecule has 1 aliphatic rings. The van der Waals surface area contributed by atoms with Crippen molar-refractivity contribution in [1.29, 1.82) is 0 Å². The van der Waals surface area contributed by atoms with Gasteiger partial charge in [0.2, 0.25) is 0 Å². The molecule has 2 heterocycles. The Kier molecular flexibility index (Phi) is 4.57. The maximum Gasteiger partial charge on any atom is 0.329 e. The smallest absolute Gasteiger partial charge is 0.329 e. The fourth-order valence-electron chi connectivity index (χ4n) is 3.34. The molecule has 1 unspecified atom stereocenters. The first kappa shape index (κ1) is 18.7. The highest BCUT2D eigenvalue weighted by Gasteiger charge is 2.41. The van der Waals surface area contributed by atoms with Crippen LogP contribution in [0.4, 0.5) is 8.78 Å². The minimum atomic E-state index is -2.87. The second-order valence-corrected chi connectivity index (χ2v) is 6.47. The summed E-state index contributed by atoms with van der Waals surface area (Å²) < 4.78 is 32.7. The van der Waals surface area contributed by atoms with E-state index in [1.54, 1.807) is 30.3 Å². The van der Waals surface area contributed by atoms with E-state index in [1.165, 1.54) is 25.1 Å². The number of fused-ring (bicyclic) bond motifs is 2. The monoisotopic (exact) mass is 399 g/mol. The molecule has 4 rings (SSSR count). The van der Waals surface area contributed by atoms with Crippen molar-refractivity contribution in [3.05, 3.63) is 65.5 Å². The van der Waals surface area contributed by atoms with Gasteiger partial charge in [0.15, 0.2) is 5.82 Å². The number of benzene rings is 2. The van der Waals surface area contributed by atoms with Crippen LogP contribution in [0.2, 0.25) is 0 Å². The molecular formula is C20H15F2N3O4. The van der Waals surface area contributed by atoms with Crippen LogP contribution in [0.5, 0.6) is 0 Å². The molecule has 3 aromatic rings. The summed E-state index contributed by atoms with van der Waals surface area (Å²) in [6.07, 6.45) is 0. The molecule has 2 amide bonds. The van der Waals surface area contributed by atoms with Gasteiger partial charge in [0.1, 0.15) is 12.6 Å². The lowest BCUT2D eigenvalue weighted by atomic mass is 10.1. The van der Waals surface area contributed by atoms with Gasteiger partial charge in [-0.15, -0.1) is 0 Å². The highest BCUT2D eigenvalue weighted by molar-refractivity contribution is 6.22. The summed E-state index contributed by atoms with van der Waals surface area (Å²) in [5.41, 5.74) is 0.961. The summed E-state index contributed by atoms with van der Waals surface area (Å²) in [6, 6.07) is 11.3. The third-order valence-corrected chi connectivity index (χ3v) is 4.76. The van der Waals surface area contributed by atoms with E-state index >= 15 is 0 Å². The number of rotatable bonds is 5. The van der Waals surface area contributed by atoms with Crippen molar-refractivity contribution < 1.29 is 27.9 Å². The molecule has 29 heavy (non-hydrogen) atoms. The van der Waals surface area contributed by atoms with Crippen LogP contribution in [0, 0.1) is 0 Å². The zero-order chi connectivity index (χ0) is 20.7. The van der Waals surface area contributed by atoms with Crippen LogP contribution < -0.4 is 0 Å². The lowest BCUT2D eigenvalue weighted by molar-refractivity contribution is -0.149. The lowest BCUT2D eigenvalue weighted by Crippen LogP contribution is -2.43. The highest BCUT2D eigenvalue weighted by atomic mass is 19.3. The van der Waals surface area contributed by atoms with E-state index in [0.29, 0.717) is 10.1 Å². The van der Waals surface area contributed by atoms with Gasteiger partial charge in [-0.25, -0.2) is 9.78 Å². The average molecular weight is 399 g/mol. The fourth-order valence-corrected chi connectivity index (χ4v) is 3.34. The number of imide groups is 1.